The summed E-state index contributed by atoms with van der Waals surface area (Å²) < 4.78 is 11.3. The van der Waals surface area contributed by atoms with Crippen LogP contribution in [0.3, 0.4) is 0 Å². The normalized spacial score (nSPS) is 19.4. The van der Waals surface area contributed by atoms with E-state index in [1.807, 2.05) is 42.5 Å². The molecule has 1 saturated heterocycles. The molecule has 1 fully saturated rings. The lowest BCUT2D eigenvalue weighted by Crippen LogP contribution is -2.36. The Labute approximate surface area is 246 Å². The average molecular weight is 606 g/mol. The molecule has 214 valence electrons. The van der Waals surface area contributed by atoms with Crippen molar-refractivity contribution in [3.63, 3.8) is 0 Å². The van der Waals surface area contributed by atoms with Gasteiger partial charge in [-0.1, -0.05) is 59.5 Å². The molecule has 0 bridgehead atoms. The van der Waals surface area contributed by atoms with Crippen molar-refractivity contribution in [2.75, 3.05) is 25.6 Å². The highest BCUT2D eigenvalue weighted by Gasteiger charge is 2.56. The van der Waals surface area contributed by atoms with Crippen molar-refractivity contribution < 1.29 is 33.8 Å². The van der Waals surface area contributed by atoms with Gasteiger partial charge in [-0.2, -0.15) is 0 Å². The van der Waals surface area contributed by atoms with E-state index < -0.39 is 41.4 Å². The van der Waals surface area contributed by atoms with Gasteiger partial charge in [-0.25, -0.2) is 0 Å². The molecule has 2 aliphatic rings. The summed E-state index contributed by atoms with van der Waals surface area (Å²) in [5.41, 5.74) is 1.20. The Morgan fingerprint density at radius 2 is 1.79 bits per heavy atom. The number of likely N-dealkylation sites (tertiary alicyclic amines) is 1. The fourth-order valence-electron chi connectivity index (χ4n) is 5.33. The number of ether oxygens (including phenoxy) is 2. The summed E-state index contributed by atoms with van der Waals surface area (Å²) in [6.45, 7) is -1.03. The number of nitrogens with zero attached hydrogens (tertiary/aromatic N) is 1. The molecule has 1 aromatic heterocycles. The fourth-order valence-corrected chi connectivity index (χ4v) is 7.87. The highest BCUT2D eigenvalue weighted by Crippen LogP contribution is 2.53. The monoisotopic (exact) mass is 605 g/mol. The van der Waals surface area contributed by atoms with Crippen molar-refractivity contribution in [3.8, 4) is 11.5 Å². The molecular weight excluding hydrogens is 582 g/mol. The minimum absolute atomic E-state index is 0.278. The number of fused-ring (bicyclic) bond motifs is 3. The maximum Gasteiger partial charge on any atom is 0.323 e. The quantitative estimate of drug-likeness (QED) is 0.257. The first kappa shape index (κ1) is 27.5. The van der Waals surface area contributed by atoms with Crippen molar-refractivity contribution in [2.24, 2.45) is 5.92 Å². The van der Waals surface area contributed by atoms with Crippen LogP contribution in [0.25, 0.3) is 10.8 Å². The molecule has 2 aliphatic heterocycles. The van der Waals surface area contributed by atoms with Gasteiger partial charge in [-0.05, 0) is 40.6 Å². The third-order valence-electron chi connectivity index (χ3n) is 7.15. The number of thioether (sulfide) groups is 1. The fraction of sp³-hybridized carbons (Fsp3) is 0.207. The Bertz CT molecular complexity index is 1820. The molecule has 0 saturated carbocycles. The van der Waals surface area contributed by atoms with Crippen molar-refractivity contribution in [2.45, 2.75) is 16.2 Å². The van der Waals surface area contributed by atoms with E-state index in [1.165, 1.54) is 7.11 Å². The molecule has 2 unspecified atom stereocenters. The molecule has 0 spiro atoms. The number of amides is 3. The number of carboxylic acids is 1. The summed E-state index contributed by atoms with van der Waals surface area (Å²) in [7, 11) is 1.43. The second-order valence-electron chi connectivity index (χ2n) is 9.72. The van der Waals surface area contributed by atoms with Crippen LogP contribution in [0, 0.1) is 5.92 Å². The van der Waals surface area contributed by atoms with Gasteiger partial charge in [0, 0.05) is 16.5 Å². The van der Waals surface area contributed by atoms with Gasteiger partial charge in [0.15, 0.2) is 18.1 Å². The van der Waals surface area contributed by atoms with Crippen LogP contribution >= 0.6 is 23.1 Å². The third kappa shape index (κ3) is 5.01. The number of aromatic amines is 1. The molecule has 11 nitrogen and oxygen atoms in total. The first-order valence-electron chi connectivity index (χ1n) is 12.8. The molecular formula is C29H23N3O8S2. The van der Waals surface area contributed by atoms with Crippen molar-refractivity contribution in [1.29, 1.82) is 0 Å². The lowest BCUT2D eigenvalue weighted by atomic mass is 9.83. The molecule has 13 heteroatoms. The lowest BCUT2D eigenvalue weighted by molar-refractivity contribution is -0.149. The molecule has 3 amide bonds. The van der Waals surface area contributed by atoms with E-state index in [4.69, 9.17) is 9.47 Å². The highest BCUT2D eigenvalue weighted by molar-refractivity contribution is 8.00. The third-order valence-corrected chi connectivity index (χ3v) is 9.55. The molecule has 0 aliphatic carbocycles. The zero-order chi connectivity index (χ0) is 29.5. The Kier molecular flexibility index (Phi) is 7.21. The molecule has 42 heavy (non-hydrogen) atoms. The van der Waals surface area contributed by atoms with Gasteiger partial charge in [-0.15, -0.1) is 0 Å². The zero-order valence-corrected chi connectivity index (χ0v) is 23.6. The number of carboxylic acid groups (broad SMARTS) is 1. The van der Waals surface area contributed by atoms with Gasteiger partial charge >= 0.3 is 10.8 Å². The number of anilines is 1. The number of nitrogens with one attached hydrogen (secondary N) is 2. The SMILES string of the molecule is COc1cc([C@H]2c3sc(=O)[nH]c3SC3C(=O)N(CC(=O)O)C(=O)C32)ccc1OCC(=O)Nc1ccc2ccccc2c1. The number of methoxy groups -OCH3 is 1. The van der Waals surface area contributed by atoms with E-state index in [2.05, 4.69) is 10.3 Å². The van der Waals surface area contributed by atoms with Gasteiger partial charge in [0.2, 0.25) is 11.8 Å². The van der Waals surface area contributed by atoms with Crippen LogP contribution in [0.4, 0.5) is 5.69 Å². The molecule has 3 heterocycles. The van der Waals surface area contributed by atoms with Gasteiger partial charge in [0.25, 0.3) is 5.91 Å². The summed E-state index contributed by atoms with van der Waals surface area (Å²) in [4.78, 5) is 66.4. The Morgan fingerprint density at radius 1 is 1.00 bits per heavy atom. The van der Waals surface area contributed by atoms with E-state index in [1.54, 1.807) is 18.2 Å². The van der Waals surface area contributed by atoms with E-state index >= 15 is 0 Å². The van der Waals surface area contributed by atoms with Gasteiger partial charge in [-0.3, -0.25) is 28.9 Å². The number of rotatable bonds is 8. The number of benzene rings is 3. The van der Waals surface area contributed by atoms with E-state index in [9.17, 15) is 29.1 Å². The van der Waals surface area contributed by atoms with Crippen LogP contribution in [0.15, 0.2) is 70.5 Å². The highest BCUT2D eigenvalue weighted by atomic mass is 32.2. The van der Waals surface area contributed by atoms with Crippen LogP contribution in [0.1, 0.15) is 16.4 Å². The summed E-state index contributed by atoms with van der Waals surface area (Å²) in [5, 5.41) is 13.7. The maximum atomic E-state index is 13.4. The summed E-state index contributed by atoms with van der Waals surface area (Å²) in [6, 6.07) is 18.3. The van der Waals surface area contributed by atoms with Crippen molar-refractivity contribution in [1.82, 2.24) is 9.88 Å². The topological polar surface area (TPSA) is 155 Å². The van der Waals surface area contributed by atoms with Gasteiger partial charge in [0.1, 0.15) is 11.8 Å². The number of hydrogen-bond donors (Lipinski definition) is 3. The van der Waals surface area contributed by atoms with Gasteiger partial charge in [0.05, 0.1) is 18.1 Å². The second-order valence-corrected chi connectivity index (χ2v) is 11.9. The summed E-state index contributed by atoms with van der Waals surface area (Å²) in [6.07, 6.45) is 0. The zero-order valence-electron chi connectivity index (χ0n) is 22.0. The largest absolute Gasteiger partial charge is 0.493 e. The van der Waals surface area contributed by atoms with E-state index in [-0.39, 0.29) is 28.9 Å². The standard InChI is InChI=1S/C29H23N3O8S2/c1-39-19-11-16(7-9-18(19)40-13-20(33)30-17-8-6-14-4-2-3-5-15(14)10-17)22-23-25(41-26-24(22)42-29(38)31-26)28(37)32(27(23)36)12-21(34)35/h2-11,22-23,25H,12-13H2,1H3,(H,30,33)(H,31,38)(H,34,35)/t22-,23?,25?/m1/s1. The number of aliphatic carboxylic acids is 1. The van der Waals surface area contributed by atoms with Crippen LogP contribution < -0.4 is 19.7 Å². The lowest BCUT2D eigenvalue weighted by Gasteiger charge is -2.30. The maximum absolute atomic E-state index is 13.4. The number of carbonyl (C=O) groups is 4. The number of H-pyrrole nitrogens is 1. The van der Waals surface area contributed by atoms with Crippen LogP contribution in [0.2, 0.25) is 0 Å². The number of imide groups is 1. The van der Waals surface area contributed by atoms with E-state index in [0.717, 1.165) is 38.8 Å². The number of thiazole rings is 1. The minimum Gasteiger partial charge on any atom is -0.493 e. The predicted molar refractivity (Wildman–Crippen MR) is 155 cm³/mol. The summed E-state index contributed by atoms with van der Waals surface area (Å²) in [5.74, 6) is -3.95. The van der Waals surface area contributed by atoms with Crippen LogP contribution in [-0.4, -0.2) is 64.2 Å². The van der Waals surface area contributed by atoms with Crippen LogP contribution in [0.5, 0.6) is 11.5 Å². The molecule has 0 radical (unpaired) electrons. The molecule has 6 rings (SSSR count). The minimum atomic E-state index is -1.30. The van der Waals surface area contributed by atoms with Crippen molar-refractivity contribution >= 4 is 63.2 Å². The smallest absolute Gasteiger partial charge is 0.323 e. The molecule has 3 N–H and O–H groups in total. The first-order valence-corrected chi connectivity index (χ1v) is 14.5. The number of hydrogen-bond acceptors (Lipinski definition) is 9. The van der Waals surface area contributed by atoms with Crippen molar-refractivity contribution in [3.05, 3.63) is 80.8 Å². The Morgan fingerprint density at radius 3 is 2.55 bits per heavy atom. The Balaban J connectivity index is 1.24. The van der Waals surface area contributed by atoms with Crippen LogP contribution in [-0.2, 0) is 19.2 Å². The number of carbonyl (C=O) groups excluding carboxylic acids is 3. The average Bonchev–Trinajstić information content (AvgIpc) is 3.46. The Hall–Kier alpha value is -4.62. The number of aromatic nitrogens is 1. The summed E-state index contributed by atoms with van der Waals surface area (Å²) >= 11 is 2.00. The molecule has 3 aromatic carbocycles. The molecule has 3 atom stereocenters. The first-order chi connectivity index (χ1) is 20.2. The molecule has 4 aromatic rings. The van der Waals surface area contributed by atoms with E-state index in [0.29, 0.717) is 21.2 Å². The predicted octanol–water partition coefficient (Wildman–Crippen LogP) is 3.29. The second kappa shape index (κ2) is 11.0. The van der Waals surface area contributed by atoms with Gasteiger partial charge < -0.3 is 24.9 Å².